The van der Waals surface area contributed by atoms with Crippen molar-refractivity contribution in [2.75, 3.05) is 26.7 Å². The quantitative estimate of drug-likeness (QED) is 0.429. The Morgan fingerprint density at radius 3 is 2.72 bits per heavy atom. The molecule has 0 radical (unpaired) electrons. The van der Waals surface area contributed by atoms with Gasteiger partial charge in [-0.1, -0.05) is 20.3 Å². The summed E-state index contributed by atoms with van der Waals surface area (Å²) in [7, 11) is 2.16. The van der Waals surface area contributed by atoms with E-state index in [1.54, 1.807) is 0 Å². The molecular weight excluding hydrogens is 228 g/mol. The molecule has 0 saturated carbocycles. The van der Waals surface area contributed by atoms with Crippen molar-refractivity contribution in [1.82, 2.24) is 15.2 Å². The Morgan fingerprint density at radius 2 is 2.17 bits per heavy atom. The first-order valence-electron chi connectivity index (χ1n) is 7.08. The van der Waals surface area contributed by atoms with Crippen LogP contribution in [0.25, 0.3) is 0 Å². The van der Waals surface area contributed by atoms with Gasteiger partial charge >= 0.3 is 0 Å². The molecule has 2 unspecified atom stereocenters. The van der Waals surface area contributed by atoms with Gasteiger partial charge in [-0.15, -0.1) is 0 Å². The van der Waals surface area contributed by atoms with E-state index in [4.69, 9.17) is 5.84 Å². The highest BCUT2D eigenvalue weighted by Crippen LogP contribution is 2.18. The summed E-state index contributed by atoms with van der Waals surface area (Å²) in [5, 5.41) is 0. The van der Waals surface area contributed by atoms with Crippen molar-refractivity contribution in [3.05, 3.63) is 0 Å². The minimum atomic E-state index is -0.0727. The number of rotatable bonds is 5. The lowest BCUT2D eigenvalue weighted by Crippen LogP contribution is -2.53. The molecule has 1 aliphatic rings. The zero-order valence-electron chi connectivity index (χ0n) is 12.0. The average molecular weight is 256 g/mol. The monoisotopic (exact) mass is 256 g/mol. The van der Waals surface area contributed by atoms with Crippen LogP contribution in [0.1, 0.15) is 39.5 Å². The highest BCUT2D eigenvalue weighted by Gasteiger charge is 2.31. The molecule has 2 atom stereocenters. The van der Waals surface area contributed by atoms with Gasteiger partial charge in [0, 0.05) is 19.1 Å². The molecule has 1 saturated heterocycles. The summed E-state index contributed by atoms with van der Waals surface area (Å²) >= 11 is 0. The first-order chi connectivity index (χ1) is 8.63. The number of amides is 1. The molecule has 5 heteroatoms. The van der Waals surface area contributed by atoms with Crippen LogP contribution < -0.4 is 11.3 Å². The van der Waals surface area contributed by atoms with E-state index in [1.807, 2.05) is 0 Å². The molecule has 1 heterocycles. The Morgan fingerprint density at radius 1 is 1.44 bits per heavy atom. The van der Waals surface area contributed by atoms with Gasteiger partial charge in [0.1, 0.15) is 0 Å². The lowest BCUT2D eigenvalue weighted by Gasteiger charge is -2.35. The molecule has 1 rings (SSSR count). The number of nitrogens with one attached hydrogen (secondary N) is 1. The molecule has 0 aromatic heterocycles. The van der Waals surface area contributed by atoms with Gasteiger partial charge in [0.05, 0.1) is 6.04 Å². The van der Waals surface area contributed by atoms with E-state index in [0.29, 0.717) is 6.04 Å². The number of carbonyl (C=O) groups is 1. The Labute approximate surface area is 111 Å². The average Bonchev–Trinajstić information content (AvgIpc) is 2.56. The normalized spacial score (nSPS) is 24.6. The SMILES string of the molecule is CCCC(C(=O)NN)N1CCCN(C)CC1CC. The van der Waals surface area contributed by atoms with Crippen LogP contribution in [-0.2, 0) is 4.79 Å². The molecule has 1 amide bonds. The summed E-state index contributed by atoms with van der Waals surface area (Å²) in [6.07, 6.45) is 4.07. The van der Waals surface area contributed by atoms with E-state index in [0.717, 1.165) is 45.3 Å². The number of carbonyl (C=O) groups excluding carboxylic acids is 1. The van der Waals surface area contributed by atoms with Crippen LogP contribution >= 0.6 is 0 Å². The van der Waals surface area contributed by atoms with Crippen LogP contribution in [0.4, 0.5) is 0 Å². The number of nitrogens with zero attached hydrogens (tertiary/aromatic N) is 2. The maximum atomic E-state index is 12.0. The fourth-order valence-electron chi connectivity index (χ4n) is 2.85. The van der Waals surface area contributed by atoms with Crippen molar-refractivity contribution in [3.63, 3.8) is 0 Å². The Hall–Kier alpha value is -0.650. The summed E-state index contributed by atoms with van der Waals surface area (Å²) in [5.41, 5.74) is 2.33. The fourth-order valence-corrected chi connectivity index (χ4v) is 2.85. The predicted molar refractivity (Wildman–Crippen MR) is 73.9 cm³/mol. The van der Waals surface area contributed by atoms with Crippen LogP contribution in [0, 0.1) is 0 Å². The van der Waals surface area contributed by atoms with E-state index < -0.39 is 0 Å². The van der Waals surface area contributed by atoms with Gasteiger partial charge in [0.2, 0.25) is 0 Å². The molecule has 0 spiro atoms. The zero-order chi connectivity index (χ0) is 13.5. The highest BCUT2D eigenvalue weighted by molar-refractivity contribution is 5.81. The van der Waals surface area contributed by atoms with Crippen LogP contribution in [0.3, 0.4) is 0 Å². The molecule has 106 valence electrons. The van der Waals surface area contributed by atoms with Crippen molar-refractivity contribution in [2.24, 2.45) is 5.84 Å². The molecule has 0 bridgehead atoms. The molecule has 0 aliphatic carbocycles. The van der Waals surface area contributed by atoms with E-state index >= 15 is 0 Å². The number of nitrogens with two attached hydrogens (primary N) is 1. The third-order valence-corrected chi connectivity index (χ3v) is 3.83. The van der Waals surface area contributed by atoms with Gasteiger partial charge in [-0.2, -0.15) is 0 Å². The summed E-state index contributed by atoms with van der Waals surface area (Å²) in [4.78, 5) is 16.7. The van der Waals surface area contributed by atoms with E-state index in [9.17, 15) is 4.79 Å². The molecular formula is C13H28N4O. The lowest BCUT2D eigenvalue weighted by atomic mass is 10.0. The Balaban J connectivity index is 2.81. The second kappa shape index (κ2) is 7.71. The van der Waals surface area contributed by atoms with Crippen LogP contribution in [-0.4, -0.2) is 54.5 Å². The van der Waals surface area contributed by atoms with Crippen molar-refractivity contribution in [1.29, 1.82) is 0 Å². The summed E-state index contributed by atoms with van der Waals surface area (Å²) in [6.45, 7) is 7.44. The largest absolute Gasteiger partial charge is 0.305 e. The molecule has 0 aromatic rings. The van der Waals surface area contributed by atoms with Crippen LogP contribution in [0.15, 0.2) is 0 Å². The second-order valence-corrected chi connectivity index (χ2v) is 5.23. The van der Waals surface area contributed by atoms with Crippen molar-refractivity contribution >= 4 is 5.91 Å². The van der Waals surface area contributed by atoms with Gasteiger partial charge < -0.3 is 4.90 Å². The fraction of sp³-hybridized carbons (Fsp3) is 0.923. The van der Waals surface area contributed by atoms with E-state index in [2.05, 4.69) is 36.1 Å². The lowest BCUT2D eigenvalue weighted by molar-refractivity contribution is -0.127. The molecule has 5 nitrogen and oxygen atoms in total. The molecule has 18 heavy (non-hydrogen) atoms. The third kappa shape index (κ3) is 3.93. The molecule has 3 N–H and O–H groups in total. The molecule has 0 aromatic carbocycles. The number of hydrazine groups is 1. The van der Waals surface area contributed by atoms with Gasteiger partial charge in [-0.25, -0.2) is 5.84 Å². The summed E-state index contributed by atoms with van der Waals surface area (Å²) < 4.78 is 0. The van der Waals surface area contributed by atoms with Gasteiger partial charge in [-0.05, 0) is 32.9 Å². The van der Waals surface area contributed by atoms with E-state index in [-0.39, 0.29) is 11.9 Å². The molecule has 1 aliphatic heterocycles. The second-order valence-electron chi connectivity index (χ2n) is 5.23. The van der Waals surface area contributed by atoms with Crippen molar-refractivity contribution in [3.8, 4) is 0 Å². The number of hydrogen-bond donors (Lipinski definition) is 2. The van der Waals surface area contributed by atoms with Crippen molar-refractivity contribution in [2.45, 2.75) is 51.6 Å². The van der Waals surface area contributed by atoms with E-state index in [1.165, 1.54) is 0 Å². The number of hydrogen-bond acceptors (Lipinski definition) is 4. The topological polar surface area (TPSA) is 61.6 Å². The summed E-state index contributed by atoms with van der Waals surface area (Å²) in [6, 6.07) is 0.378. The van der Waals surface area contributed by atoms with Crippen LogP contribution in [0.2, 0.25) is 0 Å². The minimum Gasteiger partial charge on any atom is -0.305 e. The maximum Gasteiger partial charge on any atom is 0.251 e. The molecule has 1 fully saturated rings. The van der Waals surface area contributed by atoms with Gasteiger partial charge in [0.25, 0.3) is 5.91 Å². The standard InChI is InChI=1S/C13H28N4O/c1-4-7-12(13(18)15-14)17-9-6-8-16(3)10-11(17)5-2/h11-12H,4-10,14H2,1-3H3,(H,15,18). The van der Waals surface area contributed by atoms with Crippen molar-refractivity contribution < 1.29 is 4.79 Å². The smallest absolute Gasteiger partial charge is 0.251 e. The van der Waals surface area contributed by atoms with Gasteiger partial charge in [-0.3, -0.25) is 15.1 Å². The predicted octanol–water partition coefficient (Wildman–Crippen LogP) is 0.561. The first kappa shape index (κ1) is 15.4. The Bertz CT molecular complexity index is 259. The summed E-state index contributed by atoms with van der Waals surface area (Å²) in [5.74, 6) is 5.28. The number of likely N-dealkylation sites (N-methyl/N-ethyl adjacent to an activating group) is 1. The van der Waals surface area contributed by atoms with Crippen LogP contribution in [0.5, 0.6) is 0 Å². The first-order valence-corrected chi connectivity index (χ1v) is 7.08. The highest BCUT2D eigenvalue weighted by atomic mass is 16.2. The third-order valence-electron chi connectivity index (χ3n) is 3.83. The maximum absolute atomic E-state index is 12.0. The zero-order valence-corrected chi connectivity index (χ0v) is 12.0. The Kier molecular flexibility index (Phi) is 6.60. The minimum absolute atomic E-state index is 0.0418. The van der Waals surface area contributed by atoms with Gasteiger partial charge in [0.15, 0.2) is 0 Å².